The summed E-state index contributed by atoms with van der Waals surface area (Å²) in [6.07, 6.45) is 0.832. The van der Waals surface area contributed by atoms with Crippen LogP contribution in [0.4, 0.5) is 0 Å². The zero-order valence-corrected chi connectivity index (χ0v) is 13.7. The van der Waals surface area contributed by atoms with E-state index in [1.54, 1.807) is 0 Å². The molecule has 0 radical (unpaired) electrons. The first-order valence-corrected chi connectivity index (χ1v) is 7.88. The highest BCUT2D eigenvalue weighted by Crippen LogP contribution is 2.30. The van der Waals surface area contributed by atoms with Gasteiger partial charge in [0, 0.05) is 17.9 Å². The lowest BCUT2D eigenvalue weighted by atomic mass is 10.0. The SMILES string of the molecule is CN1C(=O)CCC(n2c(CCl)nc3cc(Br)ccc32)C1=O. The molecule has 1 unspecified atom stereocenters. The van der Waals surface area contributed by atoms with E-state index in [0.717, 1.165) is 15.5 Å². The maximum atomic E-state index is 12.4. The van der Waals surface area contributed by atoms with Crippen LogP contribution in [0, 0.1) is 0 Å². The third-order valence-corrected chi connectivity index (χ3v) is 4.51. The Morgan fingerprint density at radius 2 is 2.19 bits per heavy atom. The van der Waals surface area contributed by atoms with Crippen molar-refractivity contribution in [2.24, 2.45) is 0 Å². The standard InChI is InChI=1S/C14H13BrClN3O2/c1-18-13(20)5-4-11(14(18)21)19-10-3-2-8(15)6-9(10)17-12(19)7-16/h2-3,6,11H,4-5,7H2,1H3. The highest BCUT2D eigenvalue weighted by atomic mass is 79.9. The van der Waals surface area contributed by atoms with Crippen LogP contribution in [0.1, 0.15) is 24.7 Å². The van der Waals surface area contributed by atoms with E-state index in [9.17, 15) is 9.59 Å². The molecular weight excluding hydrogens is 358 g/mol. The summed E-state index contributed by atoms with van der Waals surface area (Å²) in [6, 6.07) is 5.28. The van der Waals surface area contributed by atoms with Gasteiger partial charge in [0.25, 0.3) is 5.91 Å². The molecule has 1 aliphatic rings. The van der Waals surface area contributed by atoms with E-state index in [-0.39, 0.29) is 17.7 Å². The van der Waals surface area contributed by atoms with Crippen molar-refractivity contribution in [3.8, 4) is 0 Å². The lowest BCUT2D eigenvalue weighted by molar-refractivity contribution is -0.149. The number of hydrogen-bond donors (Lipinski definition) is 0. The van der Waals surface area contributed by atoms with E-state index in [0.29, 0.717) is 18.7 Å². The molecule has 110 valence electrons. The minimum atomic E-state index is -0.423. The largest absolute Gasteiger partial charge is 0.314 e. The molecular formula is C14H13BrClN3O2. The average molecular weight is 371 g/mol. The molecule has 1 aliphatic heterocycles. The van der Waals surface area contributed by atoms with Gasteiger partial charge in [0.2, 0.25) is 5.91 Å². The van der Waals surface area contributed by atoms with E-state index in [1.165, 1.54) is 11.9 Å². The summed E-state index contributed by atoms with van der Waals surface area (Å²) in [6.45, 7) is 0. The van der Waals surface area contributed by atoms with Gasteiger partial charge in [-0.1, -0.05) is 15.9 Å². The second kappa shape index (κ2) is 5.42. The summed E-state index contributed by atoms with van der Waals surface area (Å²) in [7, 11) is 1.52. The normalized spacial score (nSPS) is 19.6. The van der Waals surface area contributed by atoms with Crippen LogP contribution in [0.5, 0.6) is 0 Å². The van der Waals surface area contributed by atoms with Gasteiger partial charge in [-0.25, -0.2) is 4.98 Å². The van der Waals surface area contributed by atoms with Crippen LogP contribution in [-0.2, 0) is 15.5 Å². The molecule has 1 aromatic carbocycles. The van der Waals surface area contributed by atoms with Gasteiger partial charge in [-0.3, -0.25) is 14.5 Å². The maximum absolute atomic E-state index is 12.4. The Hall–Kier alpha value is -1.40. The summed E-state index contributed by atoms with van der Waals surface area (Å²) in [5, 5.41) is 0. The lowest BCUT2D eigenvalue weighted by Crippen LogP contribution is -2.43. The summed E-state index contributed by atoms with van der Waals surface area (Å²) >= 11 is 9.40. The van der Waals surface area contributed by atoms with Gasteiger partial charge in [0.05, 0.1) is 16.9 Å². The minimum Gasteiger partial charge on any atom is -0.314 e. The highest BCUT2D eigenvalue weighted by molar-refractivity contribution is 9.10. The van der Waals surface area contributed by atoms with Gasteiger partial charge in [0.15, 0.2) is 0 Å². The maximum Gasteiger partial charge on any atom is 0.252 e. The van der Waals surface area contributed by atoms with Gasteiger partial charge in [-0.15, -0.1) is 11.6 Å². The van der Waals surface area contributed by atoms with Crippen molar-refractivity contribution in [1.29, 1.82) is 0 Å². The van der Waals surface area contributed by atoms with E-state index in [1.807, 2.05) is 22.8 Å². The van der Waals surface area contributed by atoms with Gasteiger partial charge < -0.3 is 4.57 Å². The number of likely N-dealkylation sites (tertiary alicyclic amines) is 1. The number of carbonyl (C=O) groups is 2. The number of aromatic nitrogens is 2. The number of rotatable bonds is 2. The van der Waals surface area contributed by atoms with Crippen molar-refractivity contribution in [2.45, 2.75) is 24.8 Å². The Morgan fingerprint density at radius 3 is 2.90 bits per heavy atom. The molecule has 5 nitrogen and oxygen atoms in total. The Kier molecular flexibility index (Phi) is 3.75. The second-order valence-corrected chi connectivity index (χ2v) is 6.19. The van der Waals surface area contributed by atoms with Gasteiger partial charge in [-0.2, -0.15) is 0 Å². The zero-order valence-electron chi connectivity index (χ0n) is 11.3. The molecule has 0 spiro atoms. The number of nitrogens with zero attached hydrogens (tertiary/aromatic N) is 3. The van der Waals surface area contributed by atoms with Crippen LogP contribution in [0.2, 0.25) is 0 Å². The second-order valence-electron chi connectivity index (χ2n) is 5.01. The predicted octanol–water partition coefficient (Wildman–Crippen LogP) is 2.86. The monoisotopic (exact) mass is 369 g/mol. The number of fused-ring (bicyclic) bond motifs is 1. The number of alkyl halides is 1. The fourth-order valence-electron chi connectivity index (χ4n) is 2.70. The van der Waals surface area contributed by atoms with Crippen LogP contribution in [-0.4, -0.2) is 33.3 Å². The van der Waals surface area contributed by atoms with Crippen LogP contribution in [0.15, 0.2) is 22.7 Å². The van der Waals surface area contributed by atoms with E-state index in [2.05, 4.69) is 20.9 Å². The smallest absolute Gasteiger partial charge is 0.252 e. The van der Waals surface area contributed by atoms with Crippen LogP contribution in [0.25, 0.3) is 11.0 Å². The van der Waals surface area contributed by atoms with Gasteiger partial charge in [0.1, 0.15) is 11.9 Å². The van der Waals surface area contributed by atoms with Gasteiger partial charge >= 0.3 is 0 Å². The number of likely N-dealkylation sites (N-methyl/N-ethyl adjacent to an activating group) is 1. The van der Waals surface area contributed by atoms with E-state index >= 15 is 0 Å². The number of imidazole rings is 1. The van der Waals surface area contributed by atoms with Crippen molar-refractivity contribution < 1.29 is 9.59 Å². The molecule has 1 fully saturated rings. The van der Waals surface area contributed by atoms with E-state index < -0.39 is 6.04 Å². The number of benzene rings is 1. The molecule has 2 amide bonds. The molecule has 2 aromatic rings. The molecule has 0 bridgehead atoms. The number of hydrogen-bond acceptors (Lipinski definition) is 3. The number of piperidine rings is 1. The van der Waals surface area contributed by atoms with E-state index in [4.69, 9.17) is 11.6 Å². The topological polar surface area (TPSA) is 55.2 Å². The first-order chi connectivity index (χ1) is 10.0. The number of imide groups is 1. The van der Waals surface area contributed by atoms with Crippen LogP contribution >= 0.6 is 27.5 Å². The quantitative estimate of drug-likeness (QED) is 0.603. The molecule has 1 saturated heterocycles. The Morgan fingerprint density at radius 1 is 1.43 bits per heavy atom. The predicted molar refractivity (Wildman–Crippen MR) is 83.0 cm³/mol. The molecule has 0 N–H and O–H groups in total. The number of carbonyl (C=O) groups excluding carboxylic acids is 2. The fourth-order valence-corrected chi connectivity index (χ4v) is 3.24. The average Bonchev–Trinajstić information content (AvgIpc) is 2.82. The van der Waals surface area contributed by atoms with Crippen molar-refractivity contribution in [1.82, 2.24) is 14.5 Å². The number of amides is 2. The summed E-state index contributed by atoms with van der Waals surface area (Å²) in [4.78, 5) is 29.7. The Balaban J connectivity index is 2.15. The van der Waals surface area contributed by atoms with Gasteiger partial charge in [-0.05, 0) is 24.6 Å². The fraction of sp³-hybridized carbons (Fsp3) is 0.357. The minimum absolute atomic E-state index is 0.143. The summed E-state index contributed by atoms with van der Waals surface area (Å²) in [5.74, 6) is 0.509. The highest BCUT2D eigenvalue weighted by Gasteiger charge is 2.34. The first-order valence-electron chi connectivity index (χ1n) is 6.55. The van der Waals surface area contributed by atoms with Crippen molar-refractivity contribution in [2.75, 3.05) is 7.05 Å². The first kappa shape index (κ1) is 14.5. The number of halogens is 2. The molecule has 21 heavy (non-hydrogen) atoms. The van der Waals surface area contributed by atoms with Crippen LogP contribution in [0.3, 0.4) is 0 Å². The third-order valence-electron chi connectivity index (χ3n) is 3.78. The molecule has 1 aromatic heterocycles. The van der Waals surface area contributed by atoms with Crippen molar-refractivity contribution in [3.05, 3.63) is 28.5 Å². The lowest BCUT2D eigenvalue weighted by Gasteiger charge is -2.29. The Bertz CT molecular complexity index is 743. The van der Waals surface area contributed by atoms with Crippen molar-refractivity contribution >= 4 is 50.4 Å². The molecule has 2 heterocycles. The van der Waals surface area contributed by atoms with Crippen LogP contribution < -0.4 is 0 Å². The zero-order chi connectivity index (χ0) is 15.1. The molecule has 0 saturated carbocycles. The molecule has 1 atom stereocenters. The Labute approximate surface area is 135 Å². The molecule has 3 rings (SSSR count). The molecule has 0 aliphatic carbocycles. The third kappa shape index (κ3) is 2.36. The molecule has 7 heteroatoms. The summed E-state index contributed by atoms with van der Waals surface area (Å²) < 4.78 is 2.78. The summed E-state index contributed by atoms with van der Waals surface area (Å²) in [5.41, 5.74) is 1.64. The van der Waals surface area contributed by atoms with Crippen molar-refractivity contribution in [3.63, 3.8) is 0 Å².